The lowest BCUT2D eigenvalue weighted by Crippen LogP contribution is -2.24. The van der Waals surface area contributed by atoms with Gasteiger partial charge in [0.1, 0.15) is 29.8 Å². The Balaban J connectivity index is 2.72. The van der Waals surface area contributed by atoms with Crippen molar-refractivity contribution in [3.05, 3.63) is 57.9 Å². The highest BCUT2D eigenvalue weighted by Gasteiger charge is 2.44. The lowest BCUT2D eigenvalue weighted by Gasteiger charge is -2.27. The summed E-state index contributed by atoms with van der Waals surface area (Å²) in [7, 11) is 0. The normalized spacial score (nSPS) is 20.0. The van der Waals surface area contributed by atoms with Crippen molar-refractivity contribution in [3.8, 4) is 18.2 Å². The average Bonchev–Trinajstić information content (AvgIpc) is 2.73. The molecule has 0 spiro atoms. The fraction of sp³-hybridized carbons (Fsp3) is 0.188. The fourth-order valence-electron chi connectivity index (χ4n) is 2.31. The molecule has 1 aliphatic heterocycles. The molecule has 1 aromatic carbocycles. The first kappa shape index (κ1) is 15.2. The Morgan fingerprint density at radius 3 is 2.32 bits per heavy atom. The van der Waals surface area contributed by atoms with E-state index >= 15 is 0 Å². The number of rotatable bonds is 1. The number of hydrogen-bond donors (Lipinski definition) is 0. The summed E-state index contributed by atoms with van der Waals surface area (Å²) in [6.45, 7) is 3.04. The van der Waals surface area contributed by atoms with Gasteiger partial charge in [-0.3, -0.25) is 0 Å². The number of benzene rings is 1. The lowest BCUT2D eigenvalue weighted by atomic mass is 9.87. The van der Waals surface area contributed by atoms with Crippen LogP contribution in [-0.2, 0) is 10.3 Å². The molecule has 0 bridgehead atoms. The van der Waals surface area contributed by atoms with Gasteiger partial charge in [0.25, 0.3) is 0 Å². The summed E-state index contributed by atoms with van der Waals surface area (Å²) >= 11 is 0. The molecular formula is C16H9F2N3O. The van der Waals surface area contributed by atoms with Gasteiger partial charge in [0.2, 0.25) is 0 Å². The summed E-state index contributed by atoms with van der Waals surface area (Å²) < 4.78 is 32.7. The highest BCUT2D eigenvalue weighted by atomic mass is 19.1. The zero-order valence-electron chi connectivity index (χ0n) is 11.7. The second kappa shape index (κ2) is 5.31. The van der Waals surface area contributed by atoms with Gasteiger partial charge in [-0.2, -0.15) is 15.8 Å². The summed E-state index contributed by atoms with van der Waals surface area (Å²) in [6.07, 6.45) is 0. The minimum Gasteiger partial charge on any atom is -0.475 e. The third-order valence-corrected chi connectivity index (χ3v) is 3.63. The van der Waals surface area contributed by atoms with Crippen LogP contribution in [0.25, 0.3) is 0 Å². The van der Waals surface area contributed by atoms with Crippen LogP contribution in [0.4, 0.5) is 8.78 Å². The molecule has 1 heterocycles. The number of nitriles is 3. The van der Waals surface area contributed by atoms with Crippen molar-refractivity contribution in [1.29, 1.82) is 15.8 Å². The first-order valence-corrected chi connectivity index (χ1v) is 6.20. The molecule has 1 aromatic rings. The van der Waals surface area contributed by atoms with Crippen LogP contribution < -0.4 is 0 Å². The smallest absolute Gasteiger partial charge is 0.172 e. The van der Waals surface area contributed by atoms with E-state index in [9.17, 15) is 14.0 Å². The van der Waals surface area contributed by atoms with E-state index in [0.717, 1.165) is 6.07 Å². The van der Waals surface area contributed by atoms with Crippen LogP contribution in [-0.4, -0.2) is 0 Å². The Morgan fingerprint density at radius 2 is 1.82 bits per heavy atom. The van der Waals surface area contributed by atoms with Crippen LogP contribution in [0.5, 0.6) is 0 Å². The molecule has 4 nitrogen and oxygen atoms in total. The molecule has 0 aliphatic carbocycles. The van der Waals surface area contributed by atoms with E-state index in [1.165, 1.54) is 13.0 Å². The van der Waals surface area contributed by atoms with Crippen molar-refractivity contribution >= 4 is 0 Å². The summed E-state index contributed by atoms with van der Waals surface area (Å²) in [5.74, 6) is -1.76. The Labute approximate surface area is 125 Å². The molecule has 0 amide bonds. The number of nitrogens with zero attached hydrogens (tertiary/aromatic N) is 3. The van der Waals surface area contributed by atoms with Gasteiger partial charge >= 0.3 is 0 Å². The number of hydrogen-bond acceptors (Lipinski definition) is 4. The molecule has 1 aliphatic rings. The summed E-state index contributed by atoms with van der Waals surface area (Å²) in [4.78, 5) is 0. The topological polar surface area (TPSA) is 80.6 Å². The van der Waals surface area contributed by atoms with Gasteiger partial charge in [-0.15, -0.1) is 0 Å². The van der Waals surface area contributed by atoms with Gasteiger partial charge in [-0.1, -0.05) is 0 Å². The second-order valence-corrected chi connectivity index (χ2v) is 4.80. The standard InChI is InChI=1S/C16H9F2N3O/c1-9-12(8-21)15(10(6-19)7-20)22-16(9,2)13-4-3-11(17)5-14(13)18/h3-5H,1-2H3. The monoisotopic (exact) mass is 297 g/mol. The van der Waals surface area contributed by atoms with Crippen molar-refractivity contribution in [2.45, 2.75) is 19.4 Å². The summed E-state index contributed by atoms with van der Waals surface area (Å²) in [6, 6.07) is 8.15. The average molecular weight is 297 g/mol. The lowest BCUT2D eigenvalue weighted by molar-refractivity contribution is 0.0692. The van der Waals surface area contributed by atoms with Crippen molar-refractivity contribution in [1.82, 2.24) is 0 Å². The largest absolute Gasteiger partial charge is 0.475 e. The van der Waals surface area contributed by atoms with Gasteiger partial charge in [0.05, 0.1) is 5.57 Å². The minimum atomic E-state index is -1.39. The van der Waals surface area contributed by atoms with Gasteiger partial charge < -0.3 is 4.74 Å². The SMILES string of the molecule is CC1=C(C#N)C(=C(C#N)C#N)OC1(C)c1ccc(F)cc1F. The molecular weight excluding hydrogens is 288 g/mol. The highest BCUT2D eigenvalue weighted by Crippen LogP contribution is 2.46. The van der Waals surface area contributed by atoms with Gasteiger partial charge in [-0.25, -0.2) is 8.78 Å². The molecule has 1 unspecified atom stereocenters. The molecule has 0 fully saturated rings. The van der Waals surface area contributed by atoms with E-state index in [0.29, 0.717) is 11.6 Å². The molecule has 0 aromatic heterocycles. The molecule has 1 atom stereocenters. The van der Waals surface area contributed by atoms with Gasteiger partial charge in [-0.05, 0) is 31.6 Å². The third-order valence-electron chi connectivity index (χ3n) is 3.63. The maximum absolute atomic E-state index is 14.1. The second-order valence-electron chi connectivity index (χ2n) is 4.80. The zero-order chi connectivity index (χ0) is 16.5. The Kier molecular flexibility index (Phi) is 3.68. The van der Waals surface area contributed by atoms with Crippen LogP contribution in [0.3, 0.4) is 0 Å². The maximum Gasteiger partial charge on any atom is 0.172 e. The Morgan fingerprint density at radius 1 is 1.18 bits per heavy atom. The van der Waals surface area contributed by atoms with E-state index in [1.54, 1.807) is 19.1 Å². The number of allylic oxidation sites excluding steroid dienone is 2. The third kappa shape index (κ3) is 2.10. The predicted octanol–water partition coefficient (Wildman–Crippen LogP) is 3.35. The molecule has 6 heteroatoms. The molecule has 2 rings (SSSR count). The quantitative estimate of drug-likeness (QED) is 0.744. The first-order valence-electron chi connectivity index (χ1n) is 6.20. The van der Waals surface area contributed by atoms with E-state index in [1.807, 2.05) is 6.07 Å². The molecule has 108 valence electrons. The van der Waals surface area contributed by atoms with Crippen molar-refractivity contribution < 1.29 is 13.5 Å². The Bertz CT molecular complexity index is 834. The number of ether oxygens (including phenoxy) is 1. The van der Waals surface area contributed by atoms with E-state index in [2.05, 4.69) is 0 Å². The van der Waals surface area contributed by atoms with E-state index in [-0.39, 0.29) is 22.5 Å². The summed E-state index contributed by atoms with van der Waals surface area (Å²) in [5.41, 5.74) is -1.40. The Hall–Kier alpha value is -3.17. The molecule has 0 saturated heterocycles. The van der Waals surface area contributed by atoms with Gasteiger partial charge in [0.15, 0.2) is 16.9 Å². The fourth-order valence-corrected chi connectivity index (χ4v) is 2.31. The number of halogens is 2. The highest BCUT2D eigenvalue weighted by molar-refractivity contribution is 5.58. The maximum atomic E-state index is 14.1. The molecule has 22 heavy (non-hydrogen) atoms. The molecule has 0 saturated carbocycles. The van der Waals surface area contributed by atoms with Crippen LogP contribution in [0.1, 0.15) is 19.4 Å². The van der Waals surface area contributed by atoms with Crippen LogP contribution >= 0.6 is 0 Å². The van der Waals surface area contributed by atoms with Crippen molar-refractivity contribution in [2.75, 3.05) is 0 Å². The molecule has 0 radical (unpaired) electrons. The van der Waals surface area contributed by atoms with Crippen molar-refractivity contribution in [2.24, 2.45) is 0 Å². The van der Waals surface area contributed by atoms with Crippen LogP contribution in [0.15, 0.2) is 40.7 Å². The first-order chi connectivity index (χ1) is 10.4. The molecule has 0 N–H and O–H groups in total. The van der Waals surface area contributed by atoms with Crippen LogP contribution in [0, 0.1) is 45.6 Å². The van der Waals surface area contributed by atoms with Gasteiger partial charge in [0, 0.05) is 11.6 Å². The minimum absolute atomic E-state index is 0.00400. The zero-order valence-corrected chi connectivity index (χ0v) is 11.7. The summed E-state index contributed by atoms with van der Waals surface area (Å²) in [5, 5.41) is 27.1. The van der Waals surface area contributed by atoms with E-state index < -0.39 is 17.2 Å². The van der Waals surface area contributed by atoms with Crippen LogP contribution in [0.2, 0.25) is 0 Å². The predicted molar refractivity (Wildman–Crippen MR) is 71.4 cm³/mol. The van der Waals surface area contributed by atoms with Crippen molar-refractivity contribution in [3.63, 3.8) is 0 Å². The van der Waals surface area contributed by atoms with E-state index in [4.69, 9.17) is 15.3 Å².